The molecular formula is C20H12FN3. The van der Waals surface area contributed by atoms with Gasteiger partial charge in [0.15, 0.2) is 5.82 Å². The highest BCUT2D eigenvalue weighted by atomic mass is 19.1. The molecule has 0 saturated carbocycles. The molecule has 0 saturated heterocycles. The molecule has 4 aromatic rings. The van der Waals surface area contributed by atoms with E-state index in [2.05, 4.69) is 21.8 Å². The Bertz CT molecular complexity index is 1140. The third-order valence-corrected chi connectivity index (χ3v) is 3.74. The van der Waals surface area contributed by atoms with Crippen LogP contribution in [-0.2, 0) is 0 Å². The molecule has 4 heteroatoms. The number of halogens is 1. The molecule has 3 nitrogen and oxygen atoms in total. The van der Waals surface area contributed by atoms with Gasteiger partial charge < -0.3 is 5.73 Å². The number of hydrogen-bond acceptors (Lipinski definition) is 3. The molecule has 114 valence electrons. The molecule has 2 aromatic heterocycles. The van der Waals surface area contributed by atoms with E-state index in [1.165, 1.54) is 12.1 Å². The highest BCUT2D eigenvalue weighted by molar-refractivity contribution is 6.08. The van der Waals surface area contributed by atoms with Crippen molar-refractivity contribution in [3.8, 4) is 11.8 Å². The fourth-order valence-corrected chi connectivity index (χ4v) is 2.63. The van der Waals surface area contributed by atoms with E-state index in [4.69, 9.17) is 5.73 Å². The molecular weight excluding hydrogens is 301 g/mol. The number of nitrogens with two attached hydrogens (primary N) is 1. The second kappa shape index (κ2) is 5.64. The Kier molecular flexibility index (Phi) is 3.33. The van der Waals surface area contributed by atoms with Crippen molar-refractivity contribution in [1.29, 1.82) is 0 Å². The summed E-state index contributed by atoms with van der Waals surface area (Å²) in [5.74, 6) is 6.07. The summed E-state index contributed by atoms with van der Waals surface area (Å²) in [4.78, 5) is 8.77. The minimum absolute atomic E-state index is 0.303. The van der Waals surface area contributed by atoms with Gasteiger partial charge in [0.05, 0.1) is 5.52 Å². The molecule has 0 unspecified atom stereocenters. The predicted molar refractivity (Wildman–Crippen MR) is 93.8 cm³/mol. The first-order valence-corrected chi connectivity index (χ1v) is 7.42. The zero-order valence-electron chi connectivity index (χ0n) is 12.6. The standard InChI is InChI=1S/C20H12FN3/c21-15-5-3-4-13(10-15)8-9-14-11-17-16-6-1-2-7-18(16)24-20(22)19(17)23-12-14/h1-7,10-12H,(H2,22,24). The quantitative estimate of drug-likeness (QED) is 0.395. The number of aromatic nitrogens is 2. The Morgan fingerprint density at radius 2 is 1.71 bits per heavy atom. The van der Waals surface area contributed by atoms with Crippen molar-refractivity contribution in [2.45, 2.75) is 0 Å². The number of fused-ring (bicyclic) bond motifs is 3. The monoisotopic (exact) mass is 313 g/mol. The predicted octanol–water partition coefficient (Wildman–Crippen LogP) is 3.90. The van der Waals surface area contributed by atoms with Crippen molar-refractivity contribution in [3.05, 3.63) is 77.7 Å². The second-order valence-corrected chi connectivity index (χ2v) is 5.39. The Balaban J connectivity index is 1.88. The van der Waals surface area contributed by atoms with Crippen molar-refractivity contribution >= 4 is 27.6 Å². The number of para-hydroxylation sites is 1. The number of nitrogen functional groups attached to an aromatic ring is 1. The molecule has 2 heterocycles. The van der Waals surface area contributed by atoms with Crippen LogP contribution in [0.25, 0.3) is 21.8 Å². The normalized spacial score (nSPS) is 10.5. The fraction of sp³-hybridized carbons (Fsp3) is 0. The summed E-state index contributed by atoms with van der Waals surface area (Å²) < 4.78 is 13.2. The maximum atomic E-state index is 13.2. The topological polar surface area (TPSA) is 51.8 Å². The van der Waals surface area contributed by atoms with Gasteiger partial charge in [-0.3, -0.25) is 4.98 Å². The lowest BCUT2D eigenvalue weighted by Crippen LogP contribution is -1.95. The van der Waals surface area contributed by atoms with Crippen molar-refractivity contribution in [2.75, 3.05) is 5.73 Å². The van der Waals surface area contributed by atoms with Crippen LogP contribution in [0.2, 0.25) is 0 Å². The third-order valence-electron chi connectivity index (χ3n) is 3.74. The van der Waals surface area contributed by atoms with Gasteiger partial charge in [0.2, 0.25) is 0 Å². The molecule has 0 atom stereocenters. The molecule has 0 spiro atoms. The van der Waals surface area contributed by atoms with Crippen LogP contribution in [-0.4, -0.2) is 9.97 Å². The van der Waals surface area contributed by atoms with Gasteiger partial charge in [-0.15, -0.1) is 0 Å². The van der Waals surface area contributed by atoms with Gasteiger partial charge in [-0.05, 0) is 30.3 Å². The van der Waals surface area contributed by atoms with E-state index >= 15 is 0 Å². The molecule has 0 amide bonds. The van der Waals surface area contributed by atoms with Crippen LogP contribution in [0.1, 0.15) is 11.1 Å². The van der Waals surface area contributed by atoms with E-state index in [1.54, 1.807) is 18.3 Å². The number of nitrogens with zero attached hydrogens (tertiary/aromatic N) is 2. The smallest absolute Gasteiger partial charge is 0.150 e. The lowest BCUT2D eigenvalue weighted by molar-refractivity contribution is 0.627. The van der Waals surface area contributed by atoms with E-state index < -0.39 is 0 Å². The fourth-order valence-electron chi connectivity index (χ4n) is 2.63. The number of anilines is 1. The summed E-state index contributed by atoms with van der Waals surface area (Å²) in [6, 6.07) is 15.9. The number of benzene rings is 2. The molecule has 2 aromatic carbocycles. The molecule has 0 radical (unpaired) electrons. The molecule has 0 aliphatic carbocycles. The Morgan fingerprint density at radius 1 is 0.875 bits per heavy atom. The van der Waals surface area contributed by atoms with Crippen LogP contribution in [0, 0.1) is 17.7 Å². The first-order chi connectivity index (χ1) is 11.7. The summed E-state index contributed by atoms with van der Waals surface area (Å²) in [5, 5.41) is 1.88. The number of pyridine rings is 2. The minimum Gasteiger partial charge on any atom is -0.382 e. The average molecular weight is 313 g/mol. The SMILES string of the molecule is Nc1nc2ccccc2c2cc(C#Cc3cccc(F)c3)cnc12. The van der Waals surface area contributed by atoms with Crippen molar-refractivity contribution in [2.24, 2.45) is 0 Å². The lowest BCUT2D eigenvalue weighted by atomic mass is 10.1. The maximum absolute atomic E-state index is 13.2. The molecule has 24 heavy (non-hydrogen) atoms. The second-order valence-electron chi connectivity index (χ2n) is 5.39. The van der Waals surface area contributed by atoms with Gasteiger partial charge in [-0.1, -0.05) is 36.1 Å². The molecule has 2 N–H and O–H groups in total. The molecule has 0 aliphatic heterocycles. The van der Waals surface area contributed by atoms with E-state index in [9.17, 15) is 4.39 Å². The van der Waals surface area contributed by atoms with Crippen LogP contribution < -0.4 is 5.73 Å². The van der Waals surface area contributed by atoms with E-state index in [0.29, 0.717) is 16.9 Å². The van der Waals surface area contributed by atoms with Crippen molar-refractivity contribution < 1.29 is 4.39 Å². The van der Waals surface area contributed by atoms with Crippen LogP contribution in [0.3, 0.4) is 0 Å². The van der Waals surface area contributed by atoms with E-state index in [0.717, 1.165) is 21.9 Å². The van der Waals surface area contributed by atoms with Crippen molar-refractivity contribution in [3.63, 3.8) is 0 Å². The summed E-state index contributed by atoms with van der Waals surface area (Å²) in [6.07, 6.45) is 1.65. The van der Waals surface area contributed by atoms with Gasteiger partial charge in [0.1, 0.15) is 11.3 Å². The zero-order valence-corrected chi connectivity index (χ0v) is 12.6. The largest absolute Gasteiger partial charge is 0.382 e. The van der Waals surface area contributed by atoms with Crippen LogP contribution in [0.15, 0.2) is 60.8 Å². The van der Waals surface area contributed by atoms with Crippen LogP contribution in [0.4, 0.5) is 10.2 Å². The van der Waals surface area contributed by atoms with Gasteiger partial charge in [0.25, 0.3) is 0 Å². The van der Waals surface area contributed by atoms with Crippen LogP contribution >= 0.6 is 0 Å². The molecule has 0 aliphatic rings. The third kappa shape index (κ3) is 2.53. The Hall–Kier alpha value is -3.45. The number of rotatable bonds is 0. The minimum atomic E-state index is -0.303. The van der Waals surface area contributed by atoms with Gasteiger partial charge >= 0.3 is 0 Å². The lowest BCUT2D eigenvalue weighted by Gasteiger charge is -2.05. The Labute approximate surface area is 138 Å². The summed E-state index contributed by atoms with van der Waals surface area (Å²) in [6.45, 7) is 0. The highest BCUT2D eigenvalue weighted by Gasteiger charge is 2.07. The summed E-state index contributed by atoms with van der Waals surface area (Å²) >= 11 is 0. The first kappa shape index (κ1) is 14.2. The van der Waals surface area contributed by atoms with E-state index in [1.807, 2.05) is 30.3 Å². The summed E-state index contributed by atoms with van der Waals surface area (Å²) in [5.41, 5.74) is 8.84. The Morgan fingerprint density at radius 3 is 2.58 bits per heavy atom. The average Bonchev–Trinajstić information content (AvgIpc) is 2.60. The number of hydrogen-bond donors (Lipinski definition) is 1. The van der Waals surface area contributed by atoms with Crippen LogP contribution in [0.5, 0.6) is 0 Å². The van der Waals surface area contributed by atoms with Gasteiger partial charge in [0, 0.05) is 28.1 Å². The van der Waals surface area contributed by atoms with Crippen molar-refractivity contribution in [1.82, 2.24) is 9.97 Å². The maximum Gasteiger partial charge on any atom is 0.150 e. The summed E-state index contributed by atoms with van der Waals surface area (Å²) in [7, 11) is 0. The highest BCUT2D eigenvalue weighted by Crippen LogP contribution is 2.26. The van der Waals surface area contributed by atoms with E-state index in [-0.39, 0.29) is 5.82 Å². The molecule has 0 fully saturated rings. The first-order valence-electron chi connectivity index (χ1n) is 7.42. The zero-order chi connectivity index (χ0) is 16.5. The van der Waals surface area contributed by atoms with Gasteiger partial charge in [-0.2, -0.15) is 0 Å². The van der Waals surface area contributed by atoms with Gasteiger partial charge in [-0.25, -0.2) is 9.37 Å². The molecule has 4 rings (SSSR count). The molecule has 0 bridgehead atoms.